The number of aryl methyl sites for hydroxylation is 1. The summed E-state index contributed by atoms with van der Waals surface area (Å²) in [4.78, 5) is 15.7. The molecular formula is C35H41ClN2O5S. The van der Waals surface area contributed by atoms with E-state index in [2.05, 4.69) is 9.62 Å². The maximum atomic E-state index is 13.5. The fraction of sp³-hybridized carbons (Fsp3) is 0.457. The van der Waals surface area contributed by atoms with Crippen molar-refractivity contribution >= 4 is 33.2 Å². The number of carbonyl (C=O) groups is 1. The molecule has 0 aromatic heterocycles. The summed E-state index contributed by atoms with van der Waals surface area (Å²) in [6, 6.07) is 20.7. The molecule has 4 atom stereocenters. The highest BCUT2D eigenvalue weighted by molar-refractivity contribution is 7.90. The van der Waals surface area contributed by atoms with Gasteiger partial charge in [-0.1, -0.05) is 54.4 Å². The molecule has 0 spiro atoms. The number of benzene rings is 3. The van der Waals surface area contributed by atoms with Crippen LogP contribution in [0.3, 0.4) is 0 Å². The number of nitrogens with one attached hydrogen (secondary N) is 1. The van der Waals surface area contributed by atoms with Crippen LogP contribution in [-0.4, -0.2) is 44.4 Å². The van der Waals surface area contributed by atoms with E-state index in [9.17, 15) is 18.3 Å². The summed E-state index contributed by atoms with van der Waals surface area (Å²) in [5.74, 6) is 0.0469. The van der Waals surface area contributed by atoms with E-state index in [1.54, 1.807) is 18.2 Å². The van der Waals surface area contributed by atoms with Crippen LogP contribution in [0.5, 0.6) is 5.75 Å². The molecule has 1 saturated carbocycles. The van der Waals surface area contributed by atoms with Gasteiger partial charge in [-0.3, -0.25) is 4.79 Å². The van der Waals surface area contributed by atoms with Gasteiger partial charge in [0.25, 0.3) is 5.91 Å². The van der Waals surface area contributed by atoms with Crippen molar-refractivity contribution in [1.82, 2.24) is 4.72 Å². The van der Waals surface area contributed by atoms with E-state index in [4.69, 9.17) is 16.3 Å². The number of sulfonamides is 1. The highest BCUT2D eigenvalue weighted by Crippen LogP contribution is 2.42. The Morgan fingerprint density at radius 1 is 0.909 bits per heavy atom. The summed E-state index contributed by atoms with van der Waals surface area (Å²) >= 11 is 6.32. The summed E-state index contributed by atoms with van der Waals surface area (Å²) in [5, 5.41) is 12.0. The van der Waals surface area contributed by atoms with Gasteiger partial charge in [0, 0.05) is 23.7 Å². The maximum Gasteiger partial charge on any atom is 0.264 e. The molecule has 0 radical (unpaired) electrons. The van der Waals surface area contributed by atoms with E-state index in [1.807, 2.05) is 48.5 Å². The van der Waals surface area contributed by atoms with Gasteiger partial charge in [-0.05, 0) is 110 Å². The molecule has 0 unspecified atom stereocenters. The lowest BCUT2D eigenvalue weighted by Crippen LogP contribution is -2.44. The number of carbonyl (C=O) groups excluding carboxylic acids is 1. The van der Waals surface area contributed by atoms with Crippen LogP contribution >= 0.6 is 11.6 Å². The molecular weight excluding hydrogens is 596 g/mol. The lowest BCUT2D eigenvalue weighted by molar-refractivity contribution is 0.00922. The second kappa shape index (κ2) is 13.5. The first-order valence-electron chi connectivity index (χ1n) is 15.8. The highest BCUT2D eigenvalue weighted by Gasteiger charge is 2.38. The molecule has 6 rings (SSSR count). The number of aliphatic hydroxyl groups is 1. The van der Waals surface area contributed by atoms with Crippen molar-refractivity contribution in [2.24, 2.45) is 11.8 Å². The molecule has 2 N–H and O–H groups in total. The predicted octanol–water partition coefficient (Wildman–Crippen LogP) is 6.48. The third-order valence-electron chi connectivity index (χ3n) is 9.66. The number of fused-ring (bicyclic) bond motifs is 3. The van der Waals surface area contributed by atoms with Crippen molar-refractivity contribution in [1.29, 1.82) is 0 Å². The summed E-state index contributed by atoms with van der Waals surface area (Å²) in [7, 11) is -3.94. The molecule has 3 aromatic rings. The average Bonchev–Trinajstić information content (AvgIpc) is 3.01. The third kappa shape index (κ3) is 7.24. The molecule has 3 aliphatic rings. The van der Waals surface area contributed by atoms with Gasteiger partial charge in [0.2, 0.25) is 10.0 Å². The van der Waals surface area contributed by atoms with Crippen LogP contribution in [0.2, 0.25) is 5.02 Å². The van der Waals surface area contributed by atoms with Crippen molar-refractivity contribution in [3.63, 3.8) is 0 Å². The Labute approximate surface area is 265 Å². The number of aliphatic hydroxyl groups excluding tert-OH is 1. The second-order valence-corrected chi connectivity index (χ2v) is 14.8. The zero-order chi connectivity index (χ0) is 30.7. The lowest BCUT2D eigenvalue weighted by Gasteiger charge is -2.43. The van der Waals surface area contributed by atoms with E-state index >= 15 is 0 Å². The van der Waals surface area contributed by atoms with Crippen molar-refractivity contribution in [3.05, 3.63) is 94.0 Å². The van der Waals surface area contributed by atoms with E-state index in [-0.39, 0.29) is 23.2 Å². The molecule has 2 heterocycles. The minimum Gasteiger partial charge on any atom is -0.487 e. The Morgan fingerprint density at radius 2 is 1.75 bits per heavy atom. The van der Waals surface area contributed by atoms with E-state index in [0.717, 1.165) is 62.0 Å². The first-order chi connectivity index (χ1) is 21.3. The summed E-state index contributed by atoms with van der Waals surface area (Å²) in [6.07, 6.45) is 6.34. The van der Waals surface area contributed by atoms with E-state index < -0.39 is 22.0 Å². The fourth-order valence-electron chi connectivity index (χ4n) is 7.06. The van der Waals surface area contributed by atoms with Crippen LogP contribution in [0.25, 0.3) is 0 Å². The predicted molar refractivity (Wildman–Crippen MR) is 174 cm³/mol. The monoisotopic (exact) mass is 636 g/mol. The van der Waals surface area contributed by atoms with Crippen LogP contribution in [0.4, 0.5) is 5.69 Å². The Bertz CT molecular complexity index is 1580. The first kappa shape index (κ1) is 30.9. The topological polar surface area (TPSA) is 95.9 Å². The number of rotatable bonds is 1. The minimum absolute atomic E-state index is 0.197. The van der Waals surface area contributed by atoms with Crippen molar-refractivity contribution in [3.8, 4) is 5.75 Å². The van der Waals surface area contributed by atoms with Gasteiger partial charge in [0.05, 0.1) is 17.5 Å². The molecule has 1 fully saturated rings. The SMILES string of the molecule is O=C1NS(=O)(=O)C[C@H](c2ccccc2)CCC[C@H](O)[C@@H]2CC[C@H]2CN2CCCCc3cc(Cl)ccc3COc3ccc1cc32. The maximum absolute atomic E-state index is 13.5. The van der Waals surface area contributed by atoms with E-state index in [1.165, 1.54) is 5.56 Å². The summed E-state index contributed by atoms with van der Waals surface area (Å²) in [5.41, 5.74) is 4.23. The third-order valence-corrected chi connectivity index (χ3v) is 11.2. The summed E-state index contributed by atoms with van der Waals surface area (Å²) < 4.78 is 35.5. The summed E-state index contributed by atoms with van der Waals surface area (Å²) in [6.45, 7) is 1.86. The number of hydrogen-bond donors (Lipinski definition) is 2. The Morgan fingerprint density at radius 3 is 2.55 bits per heavy atom. The van der Waals surface area contributed by atoms with Crippen molar-refractivity contribution in [2.45, 2.75) is 70.0 Å². The minimum atomic E-state index is -3.94. The zero-order valence-electron chi connectivity index (χ0n) is 25.0. The van der Waals surface area contributed by atoms with Crippen LogP contribution in [-0.2, 0) is 23.1 Å². The molecule has 44 heavy (non-hydrogen) atoms. The van der Waals surface area contributed by atoms with Gasteiger partial charge in [-0.25, -0.2) is 13.1 Å². The standard InChI is InChI=1S/C35H41ClN2O5S/c36-30-15-12-28-22-43-34-17-14-26-20-32(34)38(18-5-4-9-25(28)19-30)21-27-13-16-31(27)33(39)11-6-10-29(24-7-2-1-3-8-24)23-44(41,42)37-35(26)40/h1-3,7-8,12,14-15,17,19-20,27,29,31,33,39H,4-6,9-11,13,16,18,21-23H2,(H,37,40)/t27-,29+,31+,33-/m0/s1. The van der Waals surface area contributed by atoms with Crippen molar-refractivity contribution < 1.29 is 23.1 Å². The largest absolute Gasteiger partial charge is 0.487 e. The quantitative estimate of drug-likeness (QED) is 0.318. The number of hydrogen-bond acceptors (Lipinski definition) is 6. The lowest BCUT2D eigenvalue weighted by atomic mass is 9.69. The van der Waals surface area contributed by atoms with Gasteiger partial charge in [0.1, 0.15) is 12.4 Å². The molecule has 3 aromatic carbocycles. The normalized spacial score (nSPS) is 26.0. The smallest absolute Gasteiger partial charge is 0.264 e. The second-order valence-electron chi connectivity index (χ2n) is 12.6. The molecule has 2 aliphatic heterocycles. The van der Waals surface area contributed by atoms with Crippen LogP contribution in [0.15, 0.2) is 66.7 Å². The molecule has 9 heteroatoms. The molecule has 7 nitrogen and oxygen atoms in total. The fourth-order valence-corrected chi connectivity index (χ4v) is 8.62. The molecule has 234 valence electrons. The Kier molecular flexibility index (Phi) is 9.50. The molecule has 1 amide bonds. The number of halogens is 1. The number of nitrogens with zero attached hydrogens (tertiary/aromatic N) is 1. The van der Waals surface area contributed by atoms with Crippen LogP contribution in [0.1, 0.15) is 77.9 Å². The highest BCUT2D eigenvalue weighted by atomic mass is 35.5. The van der Waals surface area contributed by atoms with Crippen LogP contribution < -0.4 is 14.4 Å². The Balaban J connectivity index is 1.35. The number of ether oxygens (including phenoxy) is 1. The zero-order valence-corrected chi connectivity index (χ0v) is 26.5. The molecule has 0 saturated heterocycles. The number of anilines is 1. The Hall–Kier alpha value is -3.07. The first-order valence-corrected chi connectivity index (χ1v) is 17.9. The van der Waals surface area contributed by atoms with Crippen LogP contribution in [0, 0.1) is 11.8 Å². The van der Waals surface area contributed by atoms with Gasteiger partial charge in [-0.2, -0.15) is 0 Å². The van der Waals surface area contributed by atoms with Gasteiger partial charge in [-0.15, -0.1) is 0 Å². The van der Waals surface area contributed by atoms with Crippen molar-refractivity contribution in [2.75, 3.05) is 23.7 Å². The van der Waals surface area contributed by atoms with Gasteiger partial charge >= 0.3 is 0 Å². The van der Waals surface area contributed by atoms with E-state index in [0.29, 0.717) is 42.6 Å². The molecule has 2 bridgehead atoms. The average molecular weight is 637 g/mol. The van der Waals surface area contributed by atoms with Gasteiger partial charge in [0.15, 0.2) is 0 Å². The number of amides is 1. The van der Waals surface area contributed by atoms with Gasteiger partial charge < -0.3 is 14.7 Å². The molecule has 1 aliphatic carbocycles.